The number of rotatable bonds is 28. The van der Waals surface area contributed by atoms with Crippen LogP contribution < -0.4 is 26.0 Å². The Balaban J connectivity index is 1.01. The van der Waals surface area contributed by atoms with E-state index in [0.29, 0.717) is 37.2 Å². The zero-order chi connectivity index (χ0) is 46.1. The number of esters is 1. The first-order valence-corrected chi connectivity index (χ1v) is 21.8. The molecule has 17 heteroatoms. The van der Waals surface area contributed by atoms with Crippen molar-refractivity contribution in [2.45, 2.75) is 90.2 Å². The second kappa shape index (κ2) is 28.4. The third-order valence-electron chi connectivity index (χ3n) is 10.1. The SMILES string of the molecule is CC(CCNC(=O)COc1ccc(-c2cccc(C(=O)NCCNC(=O)CCCC(=O)OCc3ccccc3)c2)cc1)OCC(C)C(=O)NCCOCCO[C@@H]1O[C@@H](C)[C@H](O)C[C@H]1O. The van der Waals surface area contributed by atoms with Crippen molar-refractivity contribution in [3.05, 3.63) is 90.0 Å². The van der Waals surface area contributed by atoms with E-state index in [-0.39, 0.29) is 108 Å². The van der Waals surface area contributed by atoms with Gasteiger partial charge in [0.05, 0.1) is 50.7 Å². The fourth-order valence-electron chi connectivity index (χ4n) is 6.28. The fourth-order valence-corrected chi connectivity index (χ4v) is 6.28. The minimum atomic E-state index is -0.907. The van der Waals surface area contributed by atoms with Crippen LogP contribution in [0.15, 0.2) is 78.9 Å². The molecule has 1 saturated heterocycles. The molecule has 1 aliphatic rings. The Labute approximate surface area is 374 Å². The lowest BCUT2D eigenvalue weighted by Crippen LogP contribution is -2.47. The molecule has 3 aromatic rings. The van der Waals surface area contributed by atoms with Crippen LogP contribution in [0.5, 0.6) is 5.75 Å². The number of amides is 4. The molecule has 1 fully saturated rings. The third kappa shape index (κ3) is 19.5. The molecule has 4 rings (SSSR count). The Hall–Kier alpha value is -5.43. The molecule has 1 aliphatic heterocycles. The average Bonchev–Trinajstić information content (AvgIpc) is 3.29. The van der Waals surface area contributed by atoms with Crippen molar-refractivity contribution in [3.63, 3.8) is 0 Å². The maximum absolute atomic E-state index is 12.8. The third-order valence-corrected chi connectivity index (χ3v) is 10.1. The molecule has 1 heterocycles. The molecule has 0 aliphatic carbocycles. The largest absolute Gasteiger partial charge is 0.484 e. The maximum Gasteiger partial charge on any atom is 0.306 e. The zero-order valence-corrected chi connectivity index (χ0v) is 37.0. The first-order chi connectivity index (χ1) is 30.9. The van der Waals surface area contributed by atoms with Crippen LogP contribution in [0, 0.1) is 5.92 Å². The Bertz CT molecular complexity index is 1880. The topological polar surface area (TPSA) is 229 Å². The lowest BCUT2D eigenvalue weighted by molar-refractivity contribution is -0.263. The molecular weight excluding hydrogens is 829 g/mol. The summed E-state index contributed by atoms with van der Waals surface area (Å²) in [6.07, 6.45) is -1.67. The summed E-state index contributed by atoms with van der Waals surface area (Å²) in [5.41, 5.74) is 3.02. The van der Waals surface area contributed by atoms with Crippen LogP contribution in [0.3, 0.4) is 0 Å². The standard InChI is InChI=1S/C47H64N4O13/c1-32(45(57)51-23-24-59-25-26-60-47-41(53)28-40(52)34(3)64-47)29-61-33(2)19-20-48-43(55)31-62-39-17-15-36(16-18-39)37-11-7-12-38(27-37)46(58)50-22-21-49-42(54)13-8-14-44(56)63-30-35-9-5-4-6-10-35/h4-7,9-12,15-18,27,32-34,40-41,47,52-53H,8,13-14,19-26,28-31H2,1-3H3,(H,48,55)(H,49,54)(H,50,58)(H,51,57)/t32?,33?,34-,40+,41+,47+/m0/s1. The van der Waals surface area contributed by atoms with Crippen molar-refractivity contribution < 1.29 is 62.6 Å². The van der Waals surface area contributed by atoms with Crippen molar-refractivity contribution in [1.29, 1.82) is 0 Å². The highest BCUT2D eigenvalue weighted by atomic mass is 16.7. The number of carbonyl (C=O) groups is 5. The van der Waals surface area contributed by atoms with Gasteiger partial charge >= 0.3 is 5.97 Å². The van der Waals surface area contributed by atoms with Gasteiger partial charge in [-0.15, -0.1) is 0 Å². The number of nitrogens with one attached hydrogen (secondary N) is 4. The van der Waals surface area contributed by atoms with Crippen LogP contribution in [0.1, 0.15) is 68.8 Å². The molecule has 0 spiro atoms. The van der Waals surface area contributed by atoms with Gasteiger partial charge in [-0.1, -0.05) is 61.5 Å². The van der Waals surface area contributed by atoms with Crippen LogP contribution in [-0.4, -0.2) is 130 Å². The second-order valence-corrected chi connectivity index (χ2v) is 15.5. The van der Waals surface area contributed by atoms with Crippen molar-refractivity contribution >= 4 is 29.6 Å². The summed E-state index contributed by atoms with van der Waals surface area (Å²) >= 11 is 0. The Morgan fingerprint density at radius 3 is 2.30 bits per heavy atom. The van der Waals surface area contributed by atoms with Crippen LogP contribution in [0.4, 0.5) is 0 Å². The molecule has 6 atom stereocenters. The van der Waals surface area contributed by atoms with Crippen LogP contribution in [0.25, 0.3) is 11.1 Å². The maximum atomic E-state index is 12.8. The molecule has 2 unspecified atom stereocenters. The molecule has 3 aromatic carbocycles. The molecule has 17 nitrogen and oxygen atoms in total. The van der Waals surface area contributed by atoms with Gasteiger partial charge in [-0.05, 0) is 67.6 Å². The summed E-state index contributed by atoms with van der Waals surface area (Å²) in [5.74, 6) is -1.20. The van der Waals surface area contributed by atoms with E-state index in [1.807, 2.05) is 55.5 Å². The van der Waals surface area contributed by atoms with E-state index in [2.05, 4.69) is 21.3 Å². The fraction of sp³-hybridized carbons (Fsp3) is 0.511. The predicted octanol–water partition coefficient (Wildman–Crippen LogP) is 3.05. The smallest absolute Gasteiger partial charge is 0.306 e. The van der Waals surface area contributed by atoms with E-state index in [1.54, 1.807) is 44.2 Å². The van der Waals surface area contributed by atoms with Gasteiger partial charge < -0.3 is 59.9 Å². The van der Waals surface area contributed by atoms with Gasteiger partial charge in [0.25, 0.3) is 11.8 Å². The van der Waals surface area contributed by atoms with E-state index >= 15 is 0 Å². The summed E-state index contributed by atoms with van der Waals surface area (Å²) in [4.78, 5) is 61.8. The Morgan fingerprint density at radius 2 is 1.52 bits per heavy atom. The monoisotopic (exact) mass is 892 g/mol. The van der Waals surface area contributed by atoms with E-state index < -0.39 is 30.5 Å². The number of benzene rings is 3. The summed E-state index contributed by atoms with van der Waals surface area (Å²) in [6, 6.07) is 23.7. The van der Waals surface area contributed by atoms with Crippen LogP contribution in [-0.2, 0) is 49.5 Å². The first kappa shape index (κ1) is 51.2. The highest BCUT2D eigenvalue weighted by Gasteiger charge is 2.34. The summed E-state index contributed by atoms with van der Waals surface area (Å²) in [7, 11) is 0. The van der Waals surface area contributed by atoms with Gasteiger partial charge in [0, 0.05) is 51.0 Å². The lowest BCUT2D eigenvalue weighted by Gasteiger charge is -2.35. The van der Waals surface area contributed by atoms with Crippen LogP contribution in [0.2, 0.25) is 0 Å². The molecule has 0 bridgehead atoms. The molecular formula is C47H64N4O13. The normalized spacial score (nSPS) is 18.0. The number of aliphatic hydroxyl groups excluding tert-OH is 2. The number of aliphatic hydroxyl groups is 2. The van der Waals surface area contributed by atoms with Gasteiger partial charge in [0.2, 0.25) is 11.8 Å². The highest BCUT2D eigenvalue weighted by molar-refractivity contribution is 5.95. The molecule has 0 saturated carbocycles. The van der Waals surface area contributed by atoms with Crippen molar-refractivity contribution in [2.24, 2.45) is 5.92 Å². The van der Waals surface area contributed by atoms with Crippen molar-refractivity contribution in [2.75, 3.05) is 59.2 Å². The molecule has 64 heavy (non-hydrogen) atoms. The number of hydrogen-bond donors (Lipinski definition) is 6. The zero-order valence-electron chi connectivity index (χ0n) is 37.0. The lowest BCUT2D eigenvalue weighted by atomic mass is 10.0. The van der Waals surface area contributed by atoms with Gasteiger partial charge in [-0.3, -0.25) is 24.0 Å². The van der Waals surface area contributed by atoms with Gasteiger partial charge in [-0.2, -0.15) is 0 Å². The van der Waals surface area contributed by atoms with Crippen LogP contribution >= 0.6 is 0 Å². The summed E-state index contributed by atoms with van der Waals surface area (Å²) < 4.78 is 33.1. The predicted molar refractivity (Wildman–Crippen MR) is 236 cm³/mol. The Morgan fingerprint density at radius 1 is 0.766 bits per heavy atom. The first-order valence-electron chi connectivity index (χ1n) is 21.8. The number of carbonyl (C=O) groups excluding carboxylic acids is 5. The molecule has 6 N–H and O–H groups in total. The van der Waals surface area contributed by atoms with Crippen molar-refractivity contribution in [1.82, 2.24) is 21.3 Å². The second-order valence-electron chi connectivity index (χ2n) is 15.5. The summed E-state index contributed by atoms with van der Waals surface area (Å²) in [5, 5.41) is 30.9. The minimum absolute atomic E-state index is 0.142. The van der Waals surface area contributed by atoms with Crippen molar-refractivity contribution in [3.8, 4) is 16.9 Å². The van der Waals surface area contributed by atoms with E-state index in [9.17, 15) is 34.2 Å². The molecule has 0 aromatic heterocycles. The molecule has 4 amide bonds. The quantitative estimate of drug-likeness (QED) is 0.0456. The van der Waals surface area contributed by atoms with Gasteiger partial charge in [0.15, 0.2) is 12.9 Å². The van der Waals surface area contributed by atoms with Gasteiger partial charge in [-0.25, -0.2) is 0 Å². The highest BCUT2D eigenvalue weighted by Crippen LogP contribution is 2.24. The number of ether oxygens (including phenoxy) is 6. The van der Waals surface area contributed by atoms with E-state index in [4.69, 9.17) is 28.4 Å². The average molecular weight is 893 g/mol. The molecule has 350 valence electrons. The summed E-state index contributed by atoms with van der Waals surface area (Å²) in [6.45, 7) is 7.47. The molecule has 0 radical (unpaired) electrons. The minimum Gasteiger partial charge on any atom is -0.484 e. The van der Waals surface area contributed by atoms with E-state index in [0.717, 1.165) is 16.7 Å². The van der Waals surface area contributed by atoms with E-state index in [1.165, 1.54) is 0 Å². The number of hydrogen-bond acceptors (Lipinski definition) is 13. The van der Waals surface area contributed by atoms with Gasteiger partial charge in [0.1, 0.15) is 18.5 Å². The Kier molecular flexibility index (Phi) is 22.7.